The molecule has 0 bridgehead atoms. The zero-order chi connectivity index (χ0) is 15.8. The fraction of sp³-hybridized carbons (Fsp3) is 0.400. The van der Waals surface area contributed by atoms with Crippen molar-refractivity contribution in [1.82, 2.24) is 25.4 Å². The molecule has 0 aliphatic carbocycles. The number of aryl methyl sites for hydroxylation is 1. The molecule has 6 nitrogen and oxygen atoms in total. The van der Waals surface area contributed by atoms with Crippen molar-refractivity contribution in [2.45, 2.75) is 19.9 Å². The monoisotopic (exact) mass is 304 g/mol. The molecule has 0 saturated carbocycles. The Balaban J connectivity index is 1.85. The van der Waals surface area contributed by atoms with Crippen LogP contribution >= 0.6 is 0 Å². The highest BCUT2D eigenvalue weighted by Crippen LogP contribution is 2.02. The van der Waals surface area contributed by atoms with Gasteiger partial charge in [-0.2, -0.15) is 0 Å². The second kappa shape index (κ2) is 8.11. The number of nitrogens with zero attached hydrogens (tertiary/aromatic N) is 4. The van der Waals surface area contributed by atoms with E-state index in [4.69, 9.17) is 0 Å². The lowest BCUT2D eigenvalue weighted by Gasteiger charge is -2.11. The molecule has 1 aromatic heterocycles. The van der Waals surface area contributed by atoms with Crippen LogP contribution < -0.4 is 10.6 Å². The van der Waals surface area contributed by atoms with Crippen molar-refractivity contribution in [2.75, 3.05) is 13.1 Å². The van der Waals surface area contributed by atoms with E-state index in [1.807, 2.05) is 18.5 Å². The third-order valence-corrected chi connectivity index (χ3v) is 3.15. The van der Waals surface area contributed by atoms with E-state index in [9.17, 15) is 4.39 Å². The number of hydrogen-bond acceptors (Lipinski definition) is 3. The molecule has 0 aliphatic rings. The van der Waals surface area contributed by atoms with Crippen molar-refractivity contribution in [1.29, 1.82) is 0 Å². The molecule has 0 spiro atoms. The maximum atomic E-state index is 12.8. The van der Waals surface area contributed by atoms with Gasteiger partial charge in [-0.3, -0.25) is 0 Å². The highest BCUT2D eigenvalue weighted by molar-refractivity contribution is 5.79. The first-order valence-electron chi connectivity index (χ1n) is 7.28. The summed E-state index contributed by atoms with van der Waals surface area (Å²) in [6.45, 7) is 3.97. The predicted octanol–water partition coefficient (Wildman–Crippen LogP) is 1.25. The largest absolute Gasteiger partial charge is 0.357 e. The van der Waals surface area contributed by atoms with E-state index in [0.717, 1.165) is 36.9 Å². The maximum Gasteiger partial charge on any atom is 0.191 e. The van der Waals surface area contributed by atoms with Gasteiger partial charge in [-0.25, -0.2) is 9.38 Å². The zero-order valence-corrected chi connectivity index (χ0v) is 12.9. The van der Waals surface area contributed by atoms with E-state index < -0.39 is 0 Å². The van der Waals surface area contributed by atoms with E-state index in [0.29, 0.717) is 6.54 Å². The number of aliphatic imine (C=N–C) groups is 1. The van der Waals surface area contributed by atoms with Gasteiger partial charge in [0.25, 0.3) is 0 Å². The van der Waals surface area contributed by atoms with E-state index in [1.165, 1.54) is 12.1 Å². The van der Waals surface area contributed by atoms with Gasteiger partial charge < -0.3 is 15.2 Å². The van der Waals surface area contributed by atoms with Crippen molar-refractivity contribution in [3.8, 4) is 0 Å². The molecular weight excluding hydrogens is 283 g/mol. The number of nitrogens with one attached hydrogen (secondary N) is 2. The summed E-state index contributed by atoms with van der Waals surface area (Å²) in [4.78, 5) is 4.47. The lowest BCUT2D eigenvalue weighted by molar-refractivity contribution is 0.626. The van der Waals surface area contributed by atoms with Crippen LogP contribution in [0, 0.1) is 5.82 Å². The third kappa shape index (κ3) is 4.83. The summed E-state index contributed by atoms with van der Waals surface area (Å²) >= 11 is 0. The Morgan fingerprint density at radius 3 is 2.68 bits per heavy atom. The summed E-state index contributed by atoms with van der Waals surface area (Å²) in [5, 5.41) is 14.3. The average Bonchev–Trinajstić information content (AvgIpc) is 2.92. The Morgan fingerprint density at radius 1 is 1.27 bits per heavy atom. The van der Waals surface area contributed by atoms with Gasteiger partial charge in [0.2, 0.25) is 0 Å². The van der Waals surface area contributed by atoms with Crippen LogP contribution in [0.25, 0.3) is 0 Å². The smallest absolute Gasteiger partial charge is 0.191 e. The summed E-state index contributed by atoms with van der Waals surface area (Å²) in [5.41, 5.74) is 1.08. The second-order valence-corrected chi connectivity index (χ2v) is 4.86. The Kier molecular flexibility index (Phi) is 5.88. The molecule has 2 N–H and O–H groups in total. The maximum absolute atomic E-state index is 12.8. The molecule has 2 rings (SSSR count). The van der Waals surface area contributed by atoms with Gasteiger partial charge in [0, 0.05) is 20.1 Å². The molecule has 0 unspecified atom stereocenters. The number of guanidine groups is 1. The highest BCUT2D eigenvalue weighted by Gasteiger charge is 2.02. The first-order valence-corrected chi connectivity index (χ1v) is 7.28. The molecule has 0 aliphatic heterocycles. The number of rotatable bonds is 6. The van der Waals surface area contributed by atoms with E-state index in [2.05, 4.69) is 25.8 Å². The quantitative estimate of drug-likeness (QED) is 0.623. The molecule has 0 fully saturated rings. The average molecular weight is 304 g/mol. The number of halogens is 1. The van der Waals surface area contributed by atoms with Crippen molar-refractivity contribution in [3.05, 3.63) is 47.8 Å². The van der Waals surface area contributed by atoms with Gasteiger partial charge in [0.1, 0.15) is 18.7 Å². The molecule has 0 radical (unpaired) electrons. The van der Waals surface area contributed by atoms with Crippen LogP contribution in [-0.4, -0.2) is 33.8 Å². The Morgan fingerprint density at radius 2 is 2.05 bits per heavy atom. The Hall–Kier alpha value is -2.44. The van der Waals surface area contributed by atoms with Crippen LogP contribution in [0.2, 0.25) is 0 Å². The fourth-order valence-corrected chi connectivity index (χ4v) is 1.92. The number of aromatic nitrogens is 3. The molecule has 1 aromatic carbocycles. The number of hydrogen-bond donors (Lipinski definition) is 2. The van der Waals surface area contributed by atoms with Gasteiger partial charge in [-0.05, 0) is 31.0 Å². The van der Waals surface area contributed by atoms with Gasteiger partial charge in [-0.15, -0.1) is 10.2 Å². The molecule has 118 valence electrons. The van der Waals surface area contributed by atoms with Crippen LogP contribution in [-0.2, 0) is 20.0 Å². The van der Waals surface area contributed by atoms with Gasteiger partial charge in [0.15, 0.2) is 11.8 Å². The van der Waals surface area contributed by atoms with Crippen LogP contribution in [0.5, 0.6) is 0 Å². The predicted molar refractivity (Wildman–Crippen MR) is 83.9 cm³/mol. The summed E-state index contributed by atoms with van der Waals surface area (Å²) < 4.78 is 14.7. The van der Waals surface area contributed by atoms with Gasteiger partial charge in [0.05, 0.1) is 0 Å². The lowest BCUT2D eigenvalue weighted by Crippen LogP contribution is -2.38. The van der Waals surface area contributed by atoms with Crippen molar-refractivity contribution < 1.29 is 4.39 Å². The van der Waals surface area contributed by atoms with E-state index >= 15 is 0 Å². The molecule has 0 atom stereocenters. The minimum Gasteiger partial charge on any atom is -0.357 e. The van der Waals surface area contributed by atoms with Gasteiger partial charge >= 0.3 is 0 Å². The minimum atomic E-state index is -0.213. The zero-order valence-electron chi connectivity index (χ0n) is 12.9. The highest BCUT2D eigenvalue weighted by atomic mass is 19.1. The second-order valence-electron chi connectivity index (χ2n) is 4.86. The van der Waals surface area contributed by atoms with Crippen molar-refractivity contribution in [2.24, 2.45) is 12.0 Å². The van der Waals surface area contributed by atoms with Crippen LogP contribution in [0.3, 0.4) is 0 Å². The van der Waals surface area contributed by atoms with Crippen molar-refractivity contribution >= 4 is 5.96 Å². The minimum absolute atomic E-state index is 0.213. The SMILES string of the molecule is CCNC(=NCc1nncn1C)NCCc1ccc(F)cc1. The van der Waals surface area contributed by atoms with E-state index in [1.54, 1.807) is 18.5 Å². The van der Waals surface area contributed by atoms with Crippen LogP contribution in [0.1, 0.15) is 18.3 Å². The first kappa shape index (κ1) is 15.9. The number of benzene rings is 1. The topological polar surface area (TPSA) is 67.1 Å². The Labute approximate surface area is 129 Å². The van der Waals surface area contributed by atoms with E-state index in [-0.39, 0.29) is 5.82 Å². The van der Waals surface area contributed by atoms with Gasteiger partial charge in [-0.1, -0.05) is 12.1 Å². The molecule has 22 heavy (non-hydrogen) atoms. The molecule has 7 heteroatoms. The summed E-state index contributed by atoms with van der Waals surface area (Å²) in [6, 6.07) is 6.53. The first-order chi connectivity index (χ1) is 10.7. The molecule has 0 saturated heterocycles. The molecule has 0 amide bonds. The summed E-state index contributed by atoms with van der Waals surface area (Å²) in [5.74, 6) is 1.32. The van der Waals surface area contributed by atoms with Crippen molar-refractivity contribution in [3.63, 3.8) is 0 Å². The van der Waals surface area contributed by atoms with Crippen LogP contribution in [0.15, 0.2) is 35.6 Å². The van der Waals surface area contributed by atoms with Crippen LogP contribution in [0.4, 0.5) is 4.39 Å². The molecule has 1 heterocycles. The lowest BCUT2D eigenvalue weighted by atomic mass is 10.1. The summed E-state index contributed by atoms with van der Waals surface area (Å²) in [6.07, 6.45) is 2.45. The standard InChI is InChI=1S/C15H21FN6/c1-3-17-15(19-10-14-21-20-11-22(14)2)18-9-8-12-4-6-13(16)7-5-12/h4-7,11H,3,8-10H2,1-2H3,(H2,17,18,19). The fourth-order valence-electron chi connectivity index (χ4n) is 1.92. The Bertz CT molecular complexity index is 605. The normalized spacial score (nSPS) is 11.5. The summed E-state index contributed by atoms with van der Waals surface area (Å²) in [7, 11) is 1.89. The third-order valence-electron chi connectivity index (χ3n) is 3.15. The molecular formula is C15H21FN6. The molecule has 2 aromatic rings.